The Morgan fingerprint density at radius 3 is 2.77 bits per heavy atom. The quantitative estimate of drug-likeness (QED) is 0.629. The van der Waals surface area contributed by atoms with Gasteiger partial charge in [0, 0.05) is 43.6 Å². The molecule has 4 rings (SSSR count). The smallest absolute Gasteiger partial charge is 0.194 e. The van der Waals surface area contributed by atoms with Crippen molar-refractivity contribution in [2.45, 2.75) is 65.0 Å². The van der Waals surface area contributed by atoms with E-state index in [4.69, 9.17) is 9.73 Å². The van der Waals surface area contributed by atoms with Crippen molar-refractivity contribution in [1.82, 2.24) is 10.2 Å². The van der Waals surface area contributed by atoms with Crippen molar-refractivity contribution in [3.05, 3.63) is 0 Å². The van der Waals surface area contributed by atoms with Gasteiger partial charge >= 0.3 is 0 Å². The third-order valence-corrected chi connectivity index (χ3v) is 6.85. The second-order valence-corrected chi connectivity index (χ2v) is 8.51. The van der Waals surface area contributed by atoms with E-state index in [1.54, 1.807) is 0 Å². The van der Waals surface area contributed by atoms with Crippen LogP contribution in [0.5, 0.6) is 0 Å². The largest absolute Gasteiger partial charge is 0.377 e. The molecule has 2 heterocycles. The van der Waals surface area contributed by atoms with Gasteiger partial charge in [0.1, 0.15) is 0 Å². The van der Waals surface area contributed by atoms with Gasteiger partial charge in [-0.2, -0.15) is 0 Å². The molecule has 0 amide bonds. The minimum absolute atomic E-state index is 0.226. The van der Waals surface area contributed by atoms with Crippen LogP contribution in [0.15, 0.2) is 4.99 Å². The molecule has 0 bridgehead atoms. The summed E-state index contributed by atoms with van der Waals surface area (Å²) in [6.07, 6.45) is 7.30. The molecule has 1 spiro atoms. The van der Waals surface area contributed by atoms with E-state index in [-0.39, 0.29) is 5.41 Å². The van der Waals surface area contributed by atoms with Crippen LogP contribution in [0, 0.1) is 16.7 Å². The monoisotopic (exact) mass is 305 g/mol. The topological polar surface area (TPSA) is 36.9 Å². The molecule has 0 radical (unpaired) electrons. The summed E-state index contributed by atoms with van der Waals surface area (Å²) in [4.78, 5) is 7.35. The van der Waals surface area contributed by atoms with Crippen LogP contribution in [0.3, 0.4) is 0 Å². The van der Waals surface area contributed by atoms with Crippen molar-refractivity contribution in [1.29, 1.82) is 0 Å². The van der Waals surface area contributed by atoms with Crippen molar-refractivity contribution >= 4 is 5.96 Å². The number of fused-ring (bicyclic) bond motifs is 1. The Balaban J connectivity index is 1.46. The van der Waals surface area contributed by atoms with Crippen LogP contribution in [-0.2, 0) is 4.74 Å². The van der Waals surface area contributed by atoms with Gasteiger partial charge in [0.2, 0.25) is 0 Å². The number of nitrogens with zero attached hydrogens (tertiary/aromatic N) is 2. The zero-order valence-electron chi connectivity index (χ0n) is 14.4. The molecular formula is C18H31N3O. The SMILES string of the molecule is CCN=C(NC1C2CCOC2C1(C)C)N1CCC2(CCC2)C1. The fourth-order valence-electron chi connectivity index (χ4n) is 5.34. The maximum Gasteiger partial charge on any atom is 0.194 e. The standard InChI is InChI=1S/C18H31N3O/c1-4-19-16(21-10-9-18(12-21)7-5-8-18)20-14-13-6-11-22-15(13)17(14,2)3/h13-15H,4-12H2,1-3H3,(H,19,20). The number of guanidine groups is 1. The van der Waals surface area contributed by atoms with Crippen LogP contribution in [0.25, 0.3) is 0 Å². The van der Waals surface area contributed by atoms with Crippen LogP contribution in [0.1, 0.15) is 52.9 Å². The number of likely N-dealkylation sites (tertiary alicyclic amines) is 1. The molecule has 4 nitrogen and oxygen atoms in total. The maximum absolute atomic E-state index is 5.93. The van der Waals surface area contributed by atoms with E-state index in [0.717, 1.165) is 19.1 Å². The van der Waals surface area contributed by atoms with Crippen LogP contribution in [0.4, 0.5) is 0 Å². The summed E-state index contributed by atoms with van der Waals surface area (Å²) in [5.74, 6) is 1.84. The normalized spacial score (nSPS) is 38.6. The van der Waals surface area contributed by atoms with Gasteiger partial charge in [-0.1, -0.05) is 20.3 Å². The van der Waals surface area contributed by atoms with Crippen LogP contribution in [0.2, 0.25) is 0 Å². The molecule has 2 aliphatic heterocycles. The number of nitrogens with one attached hydrogen (secondary N) is 1. The molecular weight excluding hydrogens is 274 g/mol. The lowest BCUT2D eigenvalue weighted by atomic mass is 9.57. The molecule has 2 aliphatic carbocycles. The summed E-state index contributed by atoms with van der Waals surface area (Å²) in [7, 11) is 0. The van der Waals surface area contributed by atoms with Gasteiger partial charge in [0.25, 0.3) is 0 Å². The number of hydrogen-bond donors (Lipinski definition) is 1. The highest BCUT2D eigenvalue weighted by Gasteiger charge is 2.60. The first kappa shape index (κ1) is 14.8. The fraction of sp³-hybridized carbons (Fsp3) is 0.944. The molecule has 4 aliphatic rings. The van der Waals surface area contributed by atoms with Crippen molar-refractivity contribution in [3.63, 3.8) is 0 Å². The second kappa shape index (κ2) is 5.12. The van der Waals surface area contributed by atoms with Crippen LogP contribution < -0.4 is 5.32 Å². The molecule has 1 N–H and O–H groups in total. The Kier molecular flexibility index (Phi) is 3.44. The number of hydrogen-bond acceptors (Lipinski definition) is 2. The number of rotatable bonds is 2. The Bertz CT molecular complexity index is 469. The molecule has 0 aromatic rings. The Morgan fingerprint density at radius 2 is 2.14 bits per heavy atom. The van der Waals surface area contributed by atoms with Crippen LogP contribution >= 0.6 is 0 Å². The van der Waals surface area contributed by atoms with E-state index in [1.165, 1.54) is 45.2 Å². The Hall–Kier alpha value is -0.770. The average Bonchev–Trinajstić information content (AvgIpc) is 3.08. The van der Waals surface area contributed by atoms with Gasteiger partial charge in [-0.15, -0.1) is 0 Å². The third kappa shape index (κ3) is 2.10. The summed E-state index contributed by atoms with van der Waals surface area (Å²) in [6.45, 7) is 11.0. The first-order valence-electron chi connectivity index (χ1n) is 9.23. The van der Waals surface area contributed by atoms with Crippen molar-refractivity contribution in [3.8, 4) is 0 Å². The van der Waals surface area contributed by atoms with Gasteiger partial charge in [-0.25, -0.2) is 0 Å². The summed E-state index contributed by atoms with van der Waals surface area (Å²) < 4.78 is 5.93. The number of aliphatic imine (C=N–C) groups is 1. The van der Waals surface area contributed by atoms with Crippen molar-refractivity contribution < 1.29 is 4.74 Å². The second-order valence-electron chi connectivity index (χ2n) is 8.51. The lowest BCUT2D eigenvalue weighted by Crippen LogP contribution is -2.68. The lowest BCUT2D eigenvalue weighted by Gasteiger charge is -2.55. The molecule has 124 valence electrons. The highest BCUT2D eigenvalue weighted by molar-refractivity contribution is 5.81. The average molecular weight is 305 g/mol. The molecule has 0 aromatic heterocycles. The molecule has 4 fully saturated rings. The number of ether oxygens (including phenoxy) is 1. The summed E-state index contributed by atoms with van der Waals surface area (Å²) in [5.41, 5.74) is 0.855. The van der Waals surface area contributed by atoms with E-state index in [0.29, 0.717) is 23.5 Å². The van der Waals surface area contributed by atoms with Gasteiger partial charge in [-0.05, 0) is 38.0 Å². The highest BCUT2D eigenvalue weighted by atomic mass is 16.5. The van der Waals surface area contributed by atoms with Gasteiger partial charge < -0.3 is 15.0 Å². The van der Waals surface area contributed by atoms with E-state index in [2.05, 4.69) is 31.0 Å². The minimum atomic E-state index is 0.226. The molecule has 3 atom stereocenters. The predicted molar refractivity (Wildman–Crippen MR) is 89.0 cm³/mol. The van der Waals surface area contributed by atoms with Gasteiger partial charge in [0.05, 0.1) is 6.10 Å². The molecule has 2 saturated carbocycles. The molecule has 0 aromatic carbocycles. The zero-order chi connectivity index (χ0) is 15.4. The first-order valence-corrected chi connectivity index (χ1v) is 9.23. The predicted octanol–water partition coefficient (Wildman–Crippen LogP) is 2.64. The van der Waals surface area contributed by atoms with E-state index >= 15 is 0 Å². The summed E-state index contributed by atoms with van der Waals surface area (Å²) >= 11 is 0. The zero-order valence-corrected chi connectivity index (χ0v) is 14.4. The van der Waals surface area contributed by atoms with E-state index in [1.807, 2.05) is 0 Å². The lowest BCUT2D eigenvalue weighted by molar-refractivity contribution is -0.107. The minimum Gasteiger partial charge on any atom is -0.377 e. The molecule has 4 heteroatoms. The van der Waals surface area contributed by atoms with Crippen molar-refractivity contribution in [2.75, 3.05) is 26.2 Å². The first-order chi connectivity index (χ1) is 10.6. The summed E-state index contributed by atoms with van der Waals surface area (Å²) in [5, 5.41) is 3.84. The highest BCUT2D eigenvalue weighted by Crippen LogP contribution is 2.52. The van der Waals surface area contributed by atoms with E-state index in [9.17, 15) is 0 Å². The fourth-order valence-corrected chi connectivity index (χ4v) is 5.34. The van der Waals surface area contributed by atoms with Gasteiger partial charge in [0.15, 0.2) is 5.96 Å². The molecule has 22 heavy (non-hydrogen) atoms. The third-order valence-electron chi connectivity index (χ3n) is 6.85. The van der Waals surface area contributed by atoms with Crippen LogP contribution in [-0.4, -0.2) is 49.2 Å². The van der Waals surface area contributed by atoms with Crippen molar-refractivity contribution in [2.24, 2.45) is 21.7 Å². The molecule has 3 unspecified atom stereocenters. The maximum atomic E-state index is 5.93. The Morgan fingerprint density at radius 1 is 1.32 bits per heavy atom. The Labute approximate surface area is 134 Å². The van der Waals surface area contributed by atoms with Gasteiger partial charge in [-0.3, -0.25) is 4.99 Å². The molecule has 2 saturated heterocycles. The van der Waals surface area contributed by atoms with E-state index < -0.39 is 0 Å². The summed E-state index contributed by atoms with van der Waals surface area (Å²) in [6, 6.07) is 0.517.